The van der Waals surface area contributed by atoms with Crippen molar-refractivity contribution in [1.29, 1.82) is 0 Å². The molecule has 0 aliphatic carbocycles. The van der Waals surface area contributed by atoms with E-state index in [0.29, 0.717) is 43.0 Å². The summed E-state index contributed by atoms with van der Waals surface area (Å²) in [6, 6.07) is 7.34. The van der Waals surface area contributed by atoms with E-state index < -0.39 is 15.6 Å². The fraction of sp³-hybridized carbons (Fsp3) is 0.458. The zero-order chi connectivity index (χ0) is 22.6. The summed E-state index contributed by atoms with van der Waals surface area (Å²) in [5, 5.41) is 0. The zero-order valence-corrected chi connectivity index (χ0v) is 19.6. The molecule has 7 heteroatoms. The van der Waals surface area contributed by atoms with E-state index in [1.54, 1.807) is 12.1 Å². The summed E-state index contributed by atoms with van der Waals surface area (Å²) in [6.07, 6.45) is 1.22. The Morgan fingerprint density at radius 1 is 0.968 bits per heavy atom. The van der Waals surface area contributed by atoms with Crippen molar-refractivity contribution in [3.05, 3.63) is 52.1 Å². The van der Waals surface area contributed by atoms with Crippen molar-refractivity contribution in [2.24, 2.45) is 0 Å². The lowest BCUT2D eigenvalue weighted by molar-refractivity contribution is 0.00576. The summed E-state index contributed by atoms with van der Waals surface area (Å²) in [5.41, 5.74) is 3.86. The van der Waals surface area contributed by atoms with Gasteiger partial charge in [-0.05, 0) is 68.1 Å². The van der Waals surface area contributed by atoms with Crippen molar-refractivity contribution in [1.82, 2.24) is 4.31 Å². The van der Waals surface area contributed by atoms with Gasteiger partial charge in [-0.2, -0.15) is 4.31 Å². The topological polar surface area (TPSA) is 72.9 Å². The number of sulfonamides is 1. The van der Waals surface area contributed by atoms with Gasteiger partial charge in [-0.15, -0.1) is 0 Å². The number of carbonyl (C=O) groups excluding carboxylic acids is 1. The highest BCUT2D eigenvalue weighted by atomic mass is 32.2. The minimum atomic E-state index is -3.72. The van der Waals surface area contributed by atoms with Gasteiger partial charge < -0.3 is 9.47 Å². The second-order valence-electron chi connectivity index (χ2n) is 8.83. The van der Waals surface area contributed by atoms with Gasteiger partial charge in [-0.1, -0.05) is 6.07 Å². The van der Waals surface area contributed by atoms with Crippen LogP contribution in [-0.2, 0) is 10.0 Å². The first-order valence-corrected chi connectivity index (χ1v) is 12.0. The first kappa shape index (κ1) is 21.8. The molecule has 31 heavy (non-hydrogen) atoms. The van der Waals surface area contributed by atoms with Crippen molar-refractivity contribution in [3.63, 3.8) is 0 Å². The molecule has 0 unspecified atom stereocenters. The molecule has 0 aromatic heterocycles. The maximum atomic E-state index is 13.4. The first-order valence-electron chi connectivity index (χ1n) is 10.6. The lowest BCUT2D eigenvalue weighted by Crippen LogP contribution is -2.52. The summed E-state index contributed by atoms with van der Waals surface area (Å²) < 4.78 is 40.0. The predicted octanol–water partition coefficient (Wildman–Crippen LogP) is 4.12. The Labute approximate surface area is 184 Å². The third-order valence-electron chi connectivity index (χ3n) is 6.56. The molecule has 0 radical (unpaired) electrons. The molecule has 2 heterocycles. The molecular formula is C24H29NO5S. The molecule has 0 N–H and O–H groups in total. The average molecular weight is 444 g/mol. The highest BCUT2D eigenvalue weighted by molar-refractivity contribution is 7.89. The molecule has 2 aliphatic rings. The van der Waals surface area contributed by atoms with Gasteiger partial charge in [0.2, 0.25) is 10.0 Å². The van der Waals surface area contributed by atoms with Crippen molar-refractivity contribution < 1.29 is 22.7 Å². The van der Waals surface area contributed by atoms with Crippen LogP contribution in [-0.4, -0.2) is 44.3 Å². The number of carbonyl (C=O) groups is 1. The largest absolute Gasteiger partial charge is 0.495 e. The maximum absolute atomic E-state index is 13.4. The Morgan fingerprint density at radius 2 is 1.61 bits per heavy atom. The lowest BCUT2D eigenvalue weighted by Gasteiger charge is -2.43. The van der Waals surface area contributed by atoms with Crippen LogP contribution in [0.5, 0.6) is 11.5 Å². The monoisotopic (exact) mass is 443 g/mol. The van der Waals surface area contributed by atoms with Crippen LogP contribution in [0.3, 0.4) is 0 Å². The molecule has 2 aliphatic heterocycles. The SMILES string of the molecule is COc1cc(C)c(C)cc1S(=O)(=O)N1CCC2(CC1)CC(=O)c1c(C)cc(C)cc1O2. The number of Topliss-reactive ketones (excluding diaryl/α,β-unsaturated/α-hetero) is 1. The zero-order valence-electron chi connectivity index (χ0n) is 18.7. The second kappa shape index (κ2) is 7.64. The standard InChI is InChI=1S/C24H29NO5S/c1-15-10-18(4)23-19(26)14-24(30-21(23)11-15)6-8-25(9-7-24)31(27,28)22-13-17(3)16(2)12-20(22)29-5/h10-13H,6-9,14H2,1-5H3. The van der Waals surface area contributed by atoms with E-state index in [2.05, 4.69) is 0 Å². The fourth-order valence-corrected chi connectivity index (χ4v) is 6.36. The summed E-state index contributed by atoms with van der Waals surface area (Å²) in [5.74, 6) is 1.05. The summed E-state index contributed by atoms with van der Waals surface area (Å²) in [7, 11) is -2.24. The first-order chi connectivity index (χ1) is 14.6. The normalized spacial score (nSPS) is 18.5. The molecule has 2 aromatic carbocycles. The van der Waals surface area contributed by atoms with Gasteiger partial charge in [-0.25, -0.2) is 8.42 Å². The molecule has 0 saturated carbocycles. The maximum Gasteiger partial charge on any atom is 0.246 e. The van der Waals surface area contributed by atoms with Crippen LogP contribution in [0.15, 0.2) is 29.2 Å². The van der Waals surface area contributed by atoms with E-state index in [1.807, 2.05) is 39.8 Å². The Morgan fingerprint density at radius 3 is 2.26 bits per heavy atom. The van der Waals surface area contributed by atoms with Crippen molar-refractivity contribution in [2.45, 2.75) is 57.5 Å². The molecule has 1 fully saturated rings. The number of ketones is 1. The smallest absolute Gasteiger partial charge is 0.246 e. The van der Waals surface area contributed by atoms with Gasteiger partial charge in [0.05, 0.1) is 19.1 Å². The number of methoxy groups -OCH3 is 1. The second-order valence-corrected chi connectivity index (χ2v) is 10.7. The minimum absolute atomic E-state index is 0.0749. The van der Waals surface area contributed by atoms with E-state index in [4.69, 9.17) is 9.47 Å². The van der Waals surface area contributed by atoms with Gasteiger partial charge in [0.25, 0.3) is 0 Å². The van der Waals surface area contributed by atoms with E-state index in [9.17, 15) is 13.2 Å². The number of fused-ring (bicyclic) bond motifs is 1. The predicted molar refractivity (Wildman–Crippen MR) is 119 cm³/mol. The Balaban J connectivity index is 1.59. The molecule has 4 rings (SSSR count). The summed E-state index contributed by atoms with van der Waals surface area (Å²) in [6.45, 7) is 8.32. The van der Waals surface area contributed by atoms with Crippen LogP contribution in [0.2, 0.25) is 0 Å². The Kier molecular flexibility index (Phi) is 5.38. The Hall–Kier alpha value is -2.38. The quantitative estimate of drug-likeness (QED) is 0.714. The van der Waals surface area contributed by atoms with Crippen LogP contribution in [0.25, 0.3) is 0 Å². The number of hydrogen-bond acceptors (Lipinski definition) is 5. The molecular weight excluding hydrogens is 414 g/mol. The number of aryl methyl sites for hydroxylation is 4. The van der Waals surface area contributed by atoms with Crippen LogP contribution in [0, 0.1) is 27.7 Å². The molecule has 1 spiro atoms. The minimum Gasteiger partial charge on any atom is -0.495 e. The molecule has 0 atom stereocenters. The summed E-state index contributed by atoms with van der Waals surface area (Å²) >= 11 is 0. The van der Waals surface area contributed by atoms with E-state index in [-0.39, 0.29) is 17.1 Å². The van der Waals surface area contributed by atoms with Gasteiger partial charge in [0.1, 0.15) is 22.0 Å². The Bertz CT molecular complexity index is 1160. The third kappa shape index (κ3) is 3.74. The number of rotatable bonds is 3. The van der Waals surface area contributed by atoms with Gasteiger partial charge in [0.15, 0.2) is 5.78 Å². The number of nitrogens with zero attached hydrogens (tertiary/aromatic N) is 1. The highest BCUT2D eigenvalue weighted by Gasteiger charge is 2.45. The number of ether oxygens (including phenoxy) is 2. The molecule has 166 valence electrons. The van der Waals surface area contributed by atoms with Crippen molar-refractivity contribution >= 4 is 15.8 Å². The molecule has 1 saturated heterocycles. The number of hydrogen-bond donors (Lipinski definition) is 0. The van der Waals surface area contributed by atoms with E-state index in [0.717, 1.165) is 22.3 Å². The van der Waals surface area contributed by atoms with Crippen LogP contribution in [0.4, 0.5) is 0 Å². The average Bonchev–Trinajstić information content (AvgIpc) is 2.68. The molecule has 0 bridgehead atoms. The van der Waals surface area contributed by atoms with E-state index in [1.165, 1.54) is 11.4 Å². The van der Waals surface area contributed by atoms with Gasteiger partial charge >= 0.3 is 0 Å². The molecule has 6 nitrogen and oxygen atoms in total. The van der Waals surface area contributed by atoms with Gasteiger partial charge in [-0.3, -0.25) is 4.79 Å². The molecule has 0 amide bonds. The van der Waals surface area contributed by atoms with Crippen LogP contribution in [0.1, 0.15) is 51.9 Å². The highest BCUT2D eigenvalue weighted by Crippen LogP contribution is 2.42. The lowest BCUT2D eigenvalue weighted by atomic mass is 9.82. The van der Waals surface area contributed by atoms with Gasteiger partial charge in [0, 0.05) is 25.9 Å². The van der Waals surface area contributed by atoms with Crippen LogP contribution < -0.4 is 9.47 Å². The molecule has 2 aromatic rings. The summed E-state index contributed by atoms with van der Waals surface area (Å²) in [4.78, 5) is 13.1. The van der Waals surface area contributed by atoms with Crippen molar-refractivity contribution in [2.75, 3.05) is 20.2 Å². The third-order valence-corrected chi connectivity index (χ3v) is 8.48. The number of benzene rings is 2. The fourth-order valence-electron chi connectivity index (χ4n) is 4.69. The van der Waals surface area contributed by atoms with Crippen LogP contribution >= 0.6 is 0 Å². The van der Waals surface area contributed by atoms with Crippen molar-refractivity contribution in [3.8, 4) is 11.5 Å². The number of piperidine rings is 1. The van der Waals surface area contributed by atoms with E-state index >= 15 is 0 Å².